The molecular formula is C83H86Cl2N8O30. The number of nitrogens with one attached hydrogen (secondary N) is 8. The maximum absolute atomic E-state index is 16.7. The summed E-state index contributed by atoms with van der Waals surface area (Å²) in [5.41, 5.74) is -3.39. The van der Waals surface area contributed by atoms with Gasteiger partial charge in [-0.1, -0.05) is 93.1 Å². The highest BCUT2D eigenvalue weighted by molar-refractivity contribution is 6.33. The summed E-state index contributed by atoms with van der Waals surface area (Å²) in [5, 5.41) is 158. The van der Waals surface area contributed by atoms with Gasteiger partial charge in [-0.2, -0.15) is 0 Å². The zero-order valence-corrected chi connectivity index (χ0v) is 67.1. The number of likely N-dealkylation sites (N-methyl/N-ethyl adjacent to an activating group) is 1. The smallest absolute Gasteiger partial charge is 0.335 e. The molecule has 0 aromatic heterocycles. The summed E-state index contributed by atoms with van der Waals surface area (Å²) in [6.07, 6.45) is -18.7. The van der Waals surface area contributed by atoms with Crippen LogP contribution in [-0.2, 0) is 68.6 Å². The van der Waals surface area contributed by atoms with Crippen LogP contribution < -0.4 is 66.2 Å². The minimum atomic E-state index is -2.48. The zero-order chi connectivity index (χ0) is 88.4. The molecule has 7 aromatic rings. The Morgan fingerprint density at radius 3 is 1.89 bits per heavy atom. The number of rotatable bonds is 17. The minimum absolute atomic E-state index is 0.160. The van der Waals surface area contributed by atoms with Gasteiger partial charge in [0.25, 0.3) is 0 Å². The number of carbonyl (C=O) groups excluding carboxylic acids is 8. The zero-order valence-electron chi connectivity index (χ0n) is 65.6. The van der Waals surface area contributed by atoms with Gasteiger partial charge in [0.1, 0.15) is 132 Å². The molecule has 18 atom stereocenters. The van der Waals surface area contributed by atoms with Crippen molar-refractivity contribution < 1.29 is 147 Å². The van der Waals surface area contributed by atoms with E-state index in [-0.39, 0.29) is 40.4 Å². The summed E-state index contributed by atoms with van der Waals surface area (Å²) >= 11 is 14.2. The van der Waals surface area contributed by atoms with E-state index >= 15 is 24.0 Å². The van der Waals surface area contributed by atoms with E-state index in [4.69, 9.17) is 61.1 Å². The Hall–Kier alpha value is -12.3. The Labute approximate surface area is 708 Å². The molecule has 123 heavy (non-hydrogen) atoms. The van der Waals surface area contributed by atoms with Crippen molar-refractivity contribution >= 4 is 82.5 Å². The van der Waals surface area contributed by atoms with Crippen molar-refractivity contribution in [1.29, 1.82) is 0 Å². The predicted octanol–water partition coefficient (Wildman–Crippen LogP) is 3.98. The third-order valence-corrected chi connectivity index (χ3v) is 22.1. The monoisotopic (exact) mass is 1740 g/mol. The molecule has 2 fully saturated rings. The molecule has 17 bridgehead atoms. The lowest BCUT2D eigenvalue weighted by Crippen LogP contribution is -2.66. The fourth-order valence-electron chi connectivity index (χ4n) is 15.0. The predicted molar refractivity (Wildman–Crippen MR) is 424 cm³/mol. The van der Waals surface area contributed by atoms with Crippen LogP contribution in [0, 0.1) is 5.92 Å². The molecule has 40 heteroatoms. The van der Waals surface area contributed by atoms with E-state index in [2.05, 4.69) is 56.4 Å². The number of hydrogen-bond donors (Lipinski definition) is 20. The number of aromatic hydroxyl groups is 4. The topological polar surface area (TPSA) is 584 Å². The highest BCUT2D eigenvalue weighted by Gasteiger charge is 2.52. The third-order valence-electron chi connectivity index (χ3n) is 21.4. The normalized spacial score (nSPS) is 26.3. The van der Waals surface area contributed by atoms with Crippen LogP contribution in [0.2, 0.25) is 10.0 Å². The van der Waals surface area contributed by atoms with Crippen molar-refractivity contribution in [3.63, 3.8) is 0 Å². The summed E-state index contributed by atoms with van der Waals surface area (Å²) in [7, 11) is 1.41. The SMILES string of the molecule is CN[C@H]1C(=O)N[C@@H]2Cc3ccc(cc3)Oc3cc4cc(c3O[C@@H]3O[C@H](C(=O)O)[C@@H](O)[C@H](O)[C@H]3NC(=O)CCCCCCC(C)C)Oc3ccc(cc3Cl)[C@@H](O)[C@@H]3NC(=O)[C@H](NC(=O)[C@@H]4NC(=O)[C@@H](NC2=O)c2cc(cc(O)c2Cl)Oc2cc1ccc2O)c1ccc(O)c(c1)-c1c(O[C@H]2O[C@H](COC(C)=O)[C@@H](O)[C@H](O)[C@@H]2O)cc(O)cc1[C@@H](C(=O)O)NC3=O. The second-order valence-corrected chi connectivity index (χ2v) is 31.3. The highest BCUT2D eigenvalue weighted by Crippen LogP contribution is 2.50. The van der Waals surface area contributed by atoms with Crippen molar-refractivity contribution in [2.45, 2.75) is 175 Å². The first kappa shape index (κ1) is 88.4. The number of carboxylic acid groups (broad SMARTS) is 2. The fraction of sp³-hybridized carbons (Fsp3) is 0.373. The van der Waals surface area contributed by atoms with Crippen LogP contribution >= 0.6 is 23.2 Å². The highest BCUT2D eigenvalue weighted by atomic mass is 35.5. The van der Waals surface area contributed by atoms with E-state index < -0.39 is 277 Å². The number of esters is 1. The average molecular weight is 1750 g/mol. The summed E-state index contributed by atoms with van der Waals surface area (Å²) in [5.74, 6) is -20.2. The minimum Gasteiger partial charge on any atom is -0.508 e. The number of aliphatic carboxylic acids is 2. The van der Waals surface area contributed by atoms with Crippen molar-refractivity contribution in [3.05, 3.63) is 164 Å². The van der Waals surface area contributed by atoms with Gasteiger partial charge in [-0.15, -0.1) is 0 Å². The molecule has 20 N–H and O–H groups in total. The van der Waals surface area contributed by atoms with Gasteiger partial charge < -0.3 is 142 Å². The molecule has 652 valence electrons. The largest absolute Gasteiger partial charge is 0.508 e. The van der Waals surface area contributed by atoms with Gasteiger partial charge in [-0.05, 0) is 120 Å². The number of ether oxygens (including phenoxy) is 8. The standard InChI is InChI=1S/C83H86Cl2N8O30/c1-32(2)9-7-5-6-8-10-56(99)88-65-68(102)70(104)73(81(114)115)123-82(65)122-72-53-25-38-26-54(72)119-50-20-15-37(23-45(50)84)66(100)64-79(111)92-63(80(112)113)43-27-39(95)28-52(120-83-71(105)69(103)67(101)55(121-83)31-116-33(3)94)57(43)42-22-35(13-18-47(42)96)60(76(108)93-64)89-77(109)61(38)90-78(110)62-44-29-41(30-49(98)58(44)85)118-51-24-36(14-19-48(51)97)59(86-4)75(107)87-46(74(106)91-62)21-34-11-16-40(117-53)17-12-34/h11-20,22-30,32,46,55,59-71,73,82-83,86,95-98,100-105H,5-10,21,31H2,1-4H3,(H,87,107)(H,88,99)(H,89,109)(H,90,110)(H,91,106)(H,92,111)(H,93,108)(H,112,113)(H,114,115)/t46-,55-,59-,60-,61-,62+,63+,64+,65-,66-,67-,68-,69+,70+,71+,73+,82-,83+/m1/s1. The second kappa shape index (κ2) is 37.2. The van der Waals surface area contributed by atoms with E-state index in [1.807, 2.05) is 0 Å². The molecule has 38 nitrogen and oxygen atoms in total. The van der Waals surface area contributed by atoms with Crippen molar-refractivity contribution in [1.82, 2.24) is 42.5 Å². The molecule has 8 aliphatic heterocycles. The van der Waals surface area contributed by atoms with Gasteiger partial charge in [-0.3, -0.25) is 38.4 Å². The summed E-state index contributed by atoms with van der Waals surface area (Å²) < 4.78 is 49.2. The molecule has 15 rings (SSSR count). The molecule has 0 saturated carbocycles. The molecular weight excluding hydrogens is 1660 g/mol. The lowest BCUT2D eigenvalue weighted by molar-refractivity contribution is -0.278. The number of carbonyl (C=O) groups is 10. The van der Waals surface area contributed by atoms with Crippen LogP contribution in [0.15, 0.2) is 115 Å². The first-order valence-electron chi connectivity index (χ1n) is 38.8. The maximum Gasteiger partial charge on any atom is 0.335 e. The summed E-state index contributed by atoms with van der Waals surface area (Å²) in [6.45, 7) is 4.38. The number of unbranched alkanes of at least 4 members (excludes halogenated alkanes) is 3. The van der Waals surface area contributed by atoms with E-state index in [0.717, 1.165) is 99.0 Å². The number of aliphatic hydroxyl groups is 6. The molecule has 8 aliphatic rings. The Balaban J connectivity index is 1.04. The van der Waals surface area contributed by atoms with E-state index in [1.54, 1.807) is 0 Å². The fourth-order valence-corrected chi connectivity index (χ4v) is 15.5. The van der Waals surface area contributed by atoms with Crippen LogP contribution in [0.4, 0.5) is 0 Å². The third kappa shape index (κ3) is 19.3. The number of aliphatic hydroxyl groups excluding tert-OH is 6. The molecule has 0 unspecified atom stereocenters. The van der Waals surface area contributed by atoms with Gasteiger partial charge >= 0.3 is 17.9 Å². The van der Waals surface area contributed by atoms with Crippen LogP contribution in [-0.4, -0.2) is 208 Å². The first-order chi connectivity index (χ1) is 58.5. The van der Waals surface area contributed by atoms with E-state index in [1.165, 1.54) is 49.5 Å². The number of fused-ring (bicyclic) bond motifs is 14. The number of halogens is 2. The van der Waals surface area contributed by atoms with E-state index in [9.17, 15) is 85.3 Å². The Morgan fingerprint density at radius 2 is 1.20 bits per heavy atom. The molecule has 0 aliphatic carbocycles. The second-order valence-electron chi connectivity index (χ2n) is 30.5. The quantitative estimate of drug-likeness (QED) is 0.0453. The number of hydrogen-bond acceptors (Lipinski definition) is 29. The molecule has 0 radical (unpaired) electrons. The first-order valence-corrected chi connectivity index (χ1v) is 39.5. The maximum atomic E-state index is 16.7. The molecule has 7 aromatic carbocycles. The van der Waals surface area contributed by atoms with Crippen LogP contribution in [0.5, 0.6) is 69.0 Å². The van der Waals surface area contributed by atoms with Crippen LogP contribution in [0.1, 0.15) is 135 Å². The van der Waals surface area contributed by atoms with Crippen LogP contribution in [0.3, 0.4) is 0 Å². The Kier molecular flexibility index (Phi) is 26.7. The number of benzene rings is 7. The van der Waals surface area contributed by atoms with Gasteiger partial charge in [0, 0.05) is 54.2 Å². The number of amides is 7. The molecule has 7 amide bonds. The van der Waals surface area contributed by atoms with Crippen molar-refractivity contribution in [2.24, 2.45) is 5.92 Å². The van der Waals surface area contributed by atoms with Gasteiger partial charge in [0.05, 0.1) is 10.0 Å². The Morgan fingerprint density at radius 1 is 0.545 bits per heavy atom. The molecule has 8 heterocycles. The lowest BCUT2D eigenvalue weighted by atomic mass is 9.89. The lowest BCUT2D eigenvalue weighted by Gasteiger charge is -2.41. The van der Waals surface area contributed by atoms with Crippen molar-refractivity contribution in [3.8, 4) is 80.1 Å². The van der Waals surface area contributed by atoms with Crippen LogP contribution in [0.25, 0.3) is 11.1 Å². The number of carboxylic acids is 2. The molecule has 2 saturated heterocycles. The summed E-state index contributed by atoms with van der Waals surface area (Å²) in [6, 6.07) is 4.20. The number of phenolic OH excluding ortho intramolecular Hbond substituents is 4. The molecule has 0 spiro atoms. The summed E-state index contributed by atoms with van der Waals surface area (Å²) in [4.78, 5) is 148. The van der Waals surface area contributed by atoms with Gasteiger partial charge in [-0.25, -0.2) is 9.59 Å². The average Bonchev–Trinajstić information content (AvgIpc) is 0.762. The van der Waals surface area contributed by atoms with Gasteiger partial charge in [0.15, 0.2) is 35.1 Å². The van der Waals surface area contributed by atoms with Crippen molar-refractivity contribution in [2.75, 3.05) is 13.7 Å². The Bertz CT molecular complexity index is 5290. The number of phenols is 4. The van der Waals surface area contributed by atoms with E-state index in [0.29, 0.717) is 18.8 Å². The van der Waals surface area contributed by atoms with Gasteiger partial charge in [0.2, 0.25) is 59.7 Å².